The first-order valence-electron chi connectivity index (χ1n) is 7.03. The summed E-state index contributed by atoms with van der Waals surface area (Å²) in [6.45, 7) is 3.72. The van der Waals surface area contributed by atoms with Gasteiger partial charge >= 0.3 is 0 Å². The van der Waals surface area contributed by atoms with Crippen LogP contribution >= 0.6 is 11.8 Å². The van der Waals surface area contributed by atoms with Crippen LogP contribution in [0.5, 0.6) is 5.88 Å². The maximum atomic E-state index is 5.52. The zero-order valence-corrected chi connectivity index (χ0v) is 12.6. The number of hydrogen-bond acceptors (Lipinski definition) is 5. The van der Waals surface area contributed by atoms with Crippen molar-refractivity contribution in [2.24, 2.45) is 0 Å². The lowest BCUT2D eigenvalue weighted by Crippen LogP contribution is -2.30. The highest BCUT2D eigenvalue weighted by molar-refractivity contribution is 8.00. The average molecular weight is 281 g/mol. The molecular weight excluding hydrogens is 258 g/mol. The summed E-state index contributed by atoms with van der Waals surface area (Å²) in [5.41, 5.74) is 0. The second kappa shape index (κ2) is 6.98. The van der Waals surface area contributed by atoms with E-state index in [1.165, 1.54) is 25.7 Å². The van der Waals surface area contributed by atoms with Crippen molar-refractivity contribution in [2.45, 2.75) is 43.8 Å². The summed E-state index contributed by atoms with van der Waals surface area (Å²) in [6.07, 6.45) is 10.2. The number of aromatic nitrogens is 2. The SMILES string of the molecule is CCCOc1ccnc(NCC2(SC)CCCC2)n1. The van der Waals surface area contributed by atoms with Gasteiger partial charge in [-0.25, -0.2) is 4.98 Å². The number of hydrogen-bond donors (Lipinski definition) is 1. The van der Waals surface area contributed by atoms with Crippen LogP contribution in [-0.2, 0) is 0 Å². The van der Waals surface area contributed by atoms with Gasteiger partial charge in [-0.15, -0.1) is 0 Å². The zero-order chi connectivity index (χ0) is 13.6. The van der Waals surface area contributed by atoms with Crippen molar-refractivity contribution in [1.29, 1.82) is 0 Å². The Morgan fingerprint density at radius 3 is 2.89 bits per heavy atom. The highest BCUT2D eigenvalue weighted by Gasteiger charge is 2.32. The van der Waals surface area contributed by atoms with Gasteiger partial charge in [-0.3, -0.25) is 0 Å². The van der Waals surface area contributed by atoms with Crippen molar-refractivity contribution in [3.8, 4) is 5.88 Å². The van der Waals surface area contributed by atoms with E-state index in [0.717, 1.165) is 13.0 Å². The van der Waals surface area contributed by atoms with Gasteiger partial charge < -0.3 is 10.1 Å². The second-order valence-electron chi connectivity index (χ2n) is 5.01. The second-order valence-corrected chi connectivity index (χ2v) is 6.29. The quantitative estimate of drug-likeness (QED) is 0.830. The van der Waals surface area contributed by atoms with Crippen molar-refractivity contribution in [3.63, 3.8) is 0 Å². The summed E-state index contributed by atoms with van der Waals surface area (Å²) in [7, 11) is 0. The third-order valence-corrected chi connectivity index (χ3v) is 5.02. The van der Waals surface area contributed by atoms with Crippen LogP contribution in [0.1, 0.15) is 39.0 Å². The van der Waals surface area contributed by atoms with Crippen molar-refractivity contribution in [1.82, 2.24) is 9.97 Å². The normalized spacial score (nSPS) is 17.4. The lowest BCUT2D eigenvalue weighted by Gasteiger charge is -2.26. The number of anilines is 1. The maximum absolute atomic E-state index is 5.52. The summed E-state index contributed by atoms with van der Waals surface area (Å²) in [5.74, 6) is 1.33. The molecule has 1 aromatic rings. The summed E-state index contributed by atoms with van der Waals surface area (Å²) >= 11 is 1.97. The number of ether oxygens (including phenoxy) is 1. The number of nitrogens with zero attached hydrogens (tertiary/aromatic N) is 2. The van der Waals surface area contributed by atoms with Crippen LogP contribution in [-0.4, -0.2) is 34.1 Å². The van der Waals surface area contributed by atoms with Gasteiger partial charge in [0, 0.05) is 23.6 Å². The molecule has 0 unspecified atom stereocenters. The van der Waals surface area contributed by atoms with Gasteiger partial charge in [0.1, 0.15) is 0 Å². The molecule has 0 bridgehead atoms. The lowest BCUT2D eigenvalue weighted by atomic mass is 10.1. The summed E-state index contributed by atoms with van der Waals surface area (Å²) in [5, 5.41) is 3.37. The Balaban J connectivity index is 1.91. The van der Waals surface area contributed by atoms with Crippen molar-refractivity contribution < 1.29 is 4.74 Å². The molecule has 1 heterocycles. The zero-order valence-electron chi connectivity index (χ0n) is 11.8. The highest BCUT2D eigenvalue weighted by Crippen LogP contribution is 2.40. The topological polar surface area (TPSA) is 47.0 Å². The van der Waals surface area contributed by atoms with E-state index in [4.69, 9.17) is 4.74 Å². The highest BCUT2D eigenvalue weighted by atomic mass is 32.2. The van der Waals surface area contributed by atoms with E-state index >= 15 is 0 Å². The van der Waals surface area contributed by atoms with Gasteiger partial charge in [0.25, 0.3) is 0 Å². The molecule has 1 saturated carbocycles. The Bertz CT molecular complexity index is 394. The molecule has 4 nitrogen and oxygen atoms in total. The molecule has 1 aliphatic rings. The molecule has 1 fully saturated rings. The van der Waals surface area contributed by atoms with E-state index in [-0.39, 0.29) is 0 Å². The van der Waals surface area contributed by atoms with E-state index in [0.29, 0.717) is 23.2 Å². The molecule has 0 spiro atoms. The van der Waals surface area contributed by atoms with Crippen LogP contribution in [0.2, 0.25) is 0 Å². The van der Waals surface area contributed by atoms with Crippen molar-refractivity contribution in [3.05, 3.63) is 12.3 Å². The van der Waals surface area contributed by atoms with Crippen LogP contribution in [0.25, 0.3) is 0 Å². The molecule has 1 aromatic heterocycles. The molecular formula is C14H23N3OS. The van der Waals surface area contributed by atoms with Gasteiger partial charge in [-0.2, -0.15) is 16.7 Å². The first-order chi connectivity index (χ1) is 9.28. The minimum absolute atomic E-state index is 0.365. The first kappa shape index (κ1) is 14.4. The molecule has 106 valence electrons. The molecule has 5 heteroatoms. The predicted molar refractivity (Wildman–Crippen MR) is 81.0 cm³/mol. The third kappa shape index (κ3) is 4.00. The Hall–Kier alpha value is -0.970. The average Bonchev–Trinajstić information content (AvgIpc) is 2.93. The summed E-state index contributed by atoms with van der Waals surface area (Å²) in [4.78, 5) is 8.65. The smallest absolute Gasteiger partial charge is 0.225 e. The molecule has 0 aliphatic heterocycles. The van der Waals surface area contributed by atoms with Crippen molar-refractivity contribution in [2.75, 3.05) is 24.7 Å². The molecule has 1 N–H and O–H groups in total. The van der Waals surface area contributed by atoms with Gasteiger partial charge in [0.2, 0.25) is 11.8 Å². The summed E-state index contributed by atoms with van der Waals surface area (Å²) in [6, 6.07) is 1.81. The van der Waals surface area contributed by atoms with Crippen LogP contribution in [0.15, 0.2) is 12.3 Å². The van der Waals surface area contributed by atoms with E-state index in [1.54, 1.807) is 12.3 Å². The molecule has 0 atom stereocenters. The minimum Gasteiger partial charge on any atom is -0.478 e. The Kier molecular flexibility index (Phi) is 5.31. The maximum Gasteiger partial charge on any atom is 0.225 e. The molecule has 19 heavy (non-hydrogen) atoms. The number of rotatable bonds is 7. The van der Waals surface area contributed by atoms with Gasteiger partial charge in [-0.05, 0) is 25.5 Å². The number of thioether (sulfide) groups is 1. The van der Waals surface area contributed by atoms with Gasteiger partial charge in [-0.1, -0.05) is 19.8 Å². The van der Waals surface area contributed by atoms with E-state index in [1.807, 2.05) is 11.8 Å². The van der Waals surface area contributed by atoms with E-state index in [2.05, 4.69) is 28.5 Å². The third-order valence-electron chi connectivity index (χ3n) is 3.60. The molecule has 0 aromatic carbocycles. The van der Waals surface area contributed by atoms with Gasteiger partial charge in [0.05, 0.1) is 6.61 Å². The minimum atomic E-state index is 0.365. The monoisotopic (exact) mass is 281 g/mol. The Morgan fingerprint density at radius 1 is 1.42 bits per heavy atom. The van der Waals surface area contributed by atoms with E-state index in [9.17, 15) is 0 Å². The van der Waals surface area contributed by atoms with Crippen LogP contribution < -0.4 is 10.1 Å². The molecule has 0 saturated heterocycles. The molecule has 2 rings (SSSR count). The summed E-state index contributed by atoms with van der Waals surface area (Å²) < 4.78 is 5.89. The van der Waals surface area contributed by atoms with Crippen molar-refractivity contribution >= 4 is 17.7 Å². The fraction of sp³-hybridized carbons (Fsp3) is 0.714. The molecule has 1 aliphatic carbocycles. The fourth-order valence-corrected chi connectivity index (χ4v) is 3.34. The standard InChI is InChI=1S/C14H23N3OS/c1-3-10-18-12-6-9-15-13(17-12)16-11-14(19-2)7-4-5-8-14/h6,9H,3-5,7-8,10-11H2,1-2H3,(H,15,16,17). The van der Waals surface area contributed by atoms with Crippen LogP contribution in [0.4, 0.5) is 5.95 Å². The number of nitrogens with one attached hydrogen (secondary N) is 1. The van der Waals surface area contributed by atoms with E-state index < -0.39 is 0 Å². The molecule has 0 radical (unpaired) electrons. The Labute approximate surface area is 119 Å². The van der Waals surface area contributed by atoms with Crippen LogP contribution in [0.3, 0.4) is 0 Å². The van der Waals surface area contributed by atoms with Crippen LogP contribution in [0, 0.1) is 0 Å². The lowest BCUT2D eigenvalue weighted by molar-refractivity contribution is 0.305. The Morgan fingerprint density at radius 2 is 2.21 bits per heavy atom. The van der Waals surface area contributed by atoms with Gasteiger partial charge in [0.15, 0.2) is 0 Å². The predicted octanol–water partition coefficient (Wildman–Crippen LogP) is 3.35. The molecule has 0 amide bonds. The fourth-order valence-electron chi connectivity index (χ4n) is 2.43. The first-order valence-corrected chi connectivity index (χ1v) is 8.25. The largest absolute Gasteiger partial charge is 0.478 e.